The Bertz CT molecular complexity index is 894. The van der Waals surface area contributed by atoms with Crippen molar-refractivity contribution in [2.45, 2.75) is 12.8 Å². The highest BCUT2D eigenvalue weighted by molar-refractivity contribution is 5.64. The molecule has 138 valence electrons. The Morgan fingerprint density at radius 3 is 2.63 bits per heavy atom. The molecule has 2 fully saturated rings. The first-order valence-electron chi connectivity index (χ1n) is 9.75. The zero-order valence-corrected chi connectivity index (χ0v) is 15.4. The summed E-state index contributed by atoms with van der Waals surface area (Å²) in [5.74, 6) is 2.85. The molecular formula is C21H24N6. The molecule has 6 nitrogen and oxygen atoms in total. The van der Waals surface area contributed by atoms with E-state index < -0.39 is 0 Å². The molecule has 6 heteroatoms. The van der Waals surface area contributed by atoms with Crippen LogP contribution in [0.5, 0.6) is 0 Å². The SMILES string of the molecule is c1ccc(-c2cnc(-c3ccnc(N4CCN(CC5CC5)CC4)c3)[nH]2)nc1. The average Bonchev–Trinajstić information content (AvgIpc) is 3.41. The van der Waals surface area contributed by atoms with Crippen molar-refractivity contribution in [1.29, 1.82) is 0 Å². The highest BCUT2D eigenvalue weighted by atomic mass is 15.3. The average molecular weight is 360 g/mol. The second-order valence-electron chi connectivity index (χ2n) is 7.49. The molecule has 0 aromatic carbocycles. The largest absolute Gasteiger partial charge is 0.354 e. The van der Waals surface area contributed by atoms with Gasteiger partial charge in [-0.3, -0.25) is 9.88 Å². The molecule has 1 N–H and O–H groups in total. The number of hydrogen-bond donors (Lipinski definition) is 1. The molecule has 27 heavy (non-hydrogen) atoms. The molecule has 4 heterocycles. The smallest absolute Gasteiger partial charge is 0.137 e. The van der Waals surface area contributed by atoms with Crippen molar-refractivity contribution in [2.24, 2.45) is 5.92 Å². The quantitative estimate of drug-likeness (QED) is 0.758. The molecule has 2 aliphatic rings. The van der Waals surface area contributed by atoms with Gasteiger partial charge in [-0.25, -0.2) is 9.97 Å². The molecule has 1 aliphatic carbocycles. The third-order valence-electron chi connectivity index (χ3n) is 5.45. The van der Waals surface area contributed by atoms with Crippen molar-refractivity contribution in [3.8, 4) is 22.8 Å². The summed E-state index contributed by atoms with van der Waals surface area (Å²) in [6.07, 6.45) is 8.36. The van der Waals surface area contributed by atoms with Gasteiger partial charge in [0.25, 0.3) is 0 Å². The summed E-state index contributed by atoms with van der Waals surface area (Å²) in [6.45, 7) is 5.63. The van der Waals surface area contributed by atoms with Gasteiger partial charge in [0.05, 0.1) is 17.6 Å². The summed E-state index contributed by atoms with van der Waals surface area (Å²) in [4.78, 5) is 21.9. The molecule has 0 atom stereocenters. The van der Waals surface area contributed by atoms with Crippen molar-refractivity contribution >= 4 is 5.82 Å². The van der Waals surface area contributed by atoms with Crippen LogP contribution >= 0.6 is 0 Å². The Kier molecular flexibility index (Phi) is 4.33. The molecular weight excluding hydrogens is 336 g/mol. The second kappa shape index (κ2) is 7.12. The molecule has 0 radical (unpaired) electrons. The first-order valence-corrected chi connectivity index (χ1v) is 9.75. The van der Waals surface area contributed by atoms with Gasteiger partial charge < -0.3 is 9.88 Å². The van der Waals surface area contributed by atoms with Gasteiger partial charge in [-0.2, -0.15) is 0 Å². The number of H-pyrrole nitrogens is 1. The number of aromatic amines is 1. The Balaban J connectivity index is 1.30. The van der Waals surface area contributed by atoms with E-state index in [2.05, 4.69) is 35.8 Å². The Hall–Kier alpha value is -2.73. The van der Waals surface area contributed by atoms with E-state index in [1.807, 2.05) is 36.7 Å². The van der Waals surface area contributed by atoms with Crippen LogP contribution in [0.25, 0.3) is 22.8 Å². The first kappa shape index (κ1) is 16.4. The lowest BCUT2D eigenvalue weighted by atomic mass is 10.2. The van der Waals surface area contributed by atoms with E-state index in [-0.39, 0.29) is 0 Å². The number of hydrogen-bond acceptors (Lipinski definition) is 5. The van der Waals surface area contributed by atoms with Crippen molar-refractivity contribution in [2.75, 3.05) is 37.6 Å². The molecule has 1 saturated carbocycles. The van der Waals surface area contributed by atoms with Gasteiger partial charge in [0.2, 0.25) is 0 Å². The third kappa shape index (κ3) is 3.71. The summed E-state index contributed by atoms with van der Waals surface area (Å²) >= 11 is 0. The van der Waals surface area contributed by atoms with Gasteiger partial charge in [0.15, 0.2) is 0 Å². The summed E-state index contributed by atoms with van der Waals surface area (Å²) < 4.78 is 0. The predicted molar refractivity (Wildman–Crippen MR) is 106 cm³/mol. The molecule has 5 rings (SSSR count). The fraction of sp³-hybridized carbons (Fsp3) is 0.381. The van der Waals surface area contributed by atoms with Crippen LogP contribution < -0.4 is 4.90 Å². The normalized spacial score (nSPS) is 18.0. The number of anilines is 1. The van der Waals surface area contributed by atoms with E-state index in [1.54, 1.807) is 6.20 Å². The Labute approximate surface area is 159 Å². The minimum absolute atomic E-state index is 0.853. The van der Waals surface area contributed by atoms with Gasteiger partial charge in [-0.15, -0.1) is 0 Å². The van der Waals surface area contributed by atoms with Gasteiger partial charge >= 0.3 is 0 Å². The van der Waals surface area contributed by atoms with E-state index in [0.29, 0.717) is 0 Å². The minimum Gasteiger partial charge on any atom is -0.354 e. The molecule has 1 aliphatic heterocycles. The van der Waals surface area contributed by atoms with E-state index in [0.717, 1.165) is 60.7 Å². The molecule has 0 spiro atoms. The highest BCUT2D eigenvalue weighted by Crippen LogP contribution is 2.30. The molecule has 0 amide bonds. The lowest BCUT2D eigenvalue weighted by Gasteiger charge is -2.35. The number of rotatable bonds is 5. The van der Waals surface area contributed by atoms with E-state index in [9.17, 15) is 0 Å². The summed E-state index contributed by atoms with van der Waals surface area (Å²) in [5.41, 5.74) is 2.89. The number of nitrogens with zero attached hydrogens (tertiary/aromatic N) is 5. The highest BCUT2D eigenvalue weighted by Gasteiger charge is 2.26. The van der Waals surface area contributed by atoms with Crippen LogP contribution in [0.3, 0.4) is 0 Å². The van der Waals surface area contributed by atoms with E-state index in [4.69, 9.17) is 0 Å². The van der Waals surface area contributed by atoms with Crippen molar-refractivity contribution < 1.29 is 0 Å². The molecule has 0 bridgehead atoms. The molecule has 3 aromatic heterocycles. The number of imidazole rings is 1. The minimum atomic E-state index is 0.853. The Morgan fingerprint density at radius 2 is 1.85 bits per heavy atom. The zero-order valence-electron chi connectivity index (χ0n) is 15.4. The van der Waals surface area contributed by atoms with Crippen LogP contribution in [-0.4, -0.2) is 57.6 Å². The third-order valence-corrected chi connectivity index (χ3v) is 5.45. The maximum atomic E-state index is 4.61. The monoisotopic (exact) mass is 360 g/mol. The predicted octanol–water partition coefficient (Wildman–Crippen LogP) is 3.07. The number of piperazine rings is 1. The Morgan fingerprint density at radius 1 is 0.963 bits per heavy atom. The van der Waals surface area contributed by atoms with Gasteiger partial charge in [-0.1, -0.05) is 6.07 Å². The number of nitrogens with one attached hydrogen (secondary N) is 1. The van der Waals surface area contributed by atoms with Gasteiger partial charge in [0.1, 0.15) is 11.6 Å². The molecule has 3 aromatic rings. The maximum absolute atomic E-state index is 4.61. The number of aromatic nitrogens is 4. The van der Waals surface area contributed by atoms with Crippen molar-refractivity contribution in [3.63, 3.8) is 0 Å². The van der Waals surface area contributed by atoms with E-state index in [1.165, 1.54) is 19.4 Å². The topological polar surface area (TPSA) is 60.9 Å². The standard InChI is InChI=1S/C21H24N6/c1-2-7-22-18(3-1)19-14-24-21(25-19)17-6-8-23-20(13-17)27-11-9-26(10-12-27)15-16-4-5-16/h1-3,6-8,13-14,16H,4-5,9-12,15H2,(H,24,25). The van der Waals surface area contributed by atoms with Crippen LogP contribution in [0.2, 0.25) is 0 Å². The van der Waals surface area contributed by atoms with E-state index >= 15 is 0 Å². The van der Waals surface area contributed by atoms with Crippen LogP contribution in [-0.2, 0) is 0 Å². The summed E-state index contributed by atoms with van der Waals surface area (Å²) in [7, 11) is 0. The van der Waals surface area contributed by atoms with Crippen LogP contribution in [0.1, 0.15) is 12.8 Å². The summed E-state index contributed by atoms with van der Waals surface area (Å²) in [6, 6.07) is 10.0. The van der Waals surface area contributed by atoms with Crippen LogP contribution in [0.4, 0.5) is 5.82 Å². The second-order valence-corrected chi connectivity index (χ2v) is 7.49. The van der Waals surface area contributed by atoms with Crippen LogP contribution in [0.15, 0.2) is 48.9 Å². The van der Waals surface area contributed by atoms with Crippen molar-refractivity contribution in [1.82, 2.24) is 24.8 Å². The van der Waals surface area contributed by atoms with Gasteiger partial charge in [0, 0.05) is 50.7 Å². The van der Waals surface area contributed by atoms with Gasteiger partial charge in [-0.05, 0) is 43.0 Å². The lowest BCUT2D eigenvalue weighted by Crippen LogP contribution is -2.47. The maximum Gasteiger partial charge on any atom is 0.137 e. The first-order chi connectivity index (χ1) is 13.3. The van der Waals surface area contributed by atoms with Crippen molar-refractivity contribution in [3.05, 3.63) is 48.9 Å². The zero-order chi connectivity index (χ0) is 18.1. The number of pyridine rings is 2. The molecule has 1 saturated heterocycles. The lowest BCUT2D eigenvalue weighted by molar-refractivity contribution is 0.247. The molecule has 0 unspecified atom stereocenters. The summed E-state index contributed by atoms with van der Waals surface area (Å²) in [5, 5.41) is 0. The van der Waals surface area contributed by atoms with Crippen LogP contribution in [0, 0.1) is 5.92 Å². The fourth-order valence-corrected chi connectivity index (χ4v) is 3.68. The fourth-order valence-electron chi connectivity index (χ4n) is 3.68.